The van der Waals surface area contributed by atoms with Crippen LogP contribution in [0.3, 0.4) is 0 Å². The SMILES string of the molecule is COc1cc(OC)c(C2C(C(=O)Nc3ccccc3)=C(C)Nc3nc(-c4ccc(Cl)cc4)nn32)cc1OC. The molecule has 9 nitrogen and oxygen atoms in total. The molecule has 0 bridgehead atoms. The van der Waals surface area contributed by atoms with Crippen molar-refractivity contribution in [2.45, 2.75) is 13.0 Å². The molecule has 0 saturated heterocycles. The summed E-state index contributed by atoms with van der Waals surface area (Å²) in [5.41, 5.74) is 3.17. The van der Waals surface area contributed by atoms with Gasteiger partial charge in [0.1, 0.15) is 11.8 Å². The number of carbonyl (C=O) groups excluding carboxylic acids is 1. The monoisotopic (exact) mass is 531 g/mol. The van der Waals surface area contributed by atoms with Crippen LogP contribution < -0.4 is 24.8 Å². The molecule has 1 aliphatic heterocycles. The molecular formula is C28H26ClN5O4. The van der Waals surface area contributed by atoms with E-state index in [0.29, 0.717) is 56.6 Å². The Balaban J connectivity index is 1.69. The molecule has 1 atom stereocenters. The molecule has 1 unspecified atom stereocenters. The first-order chi connectivity index (χ1) is 18.4. The van der Waals surface area contributed by atoms with Gasteiger partial charge in [-0.3, -0.25) is 4.79 Å². The highest BCUT2D eigenvalue weighted by Gasteiger charge is 2.37. The van der Waals surface area contributed by atoms with E-state index >= 15 is 0 Å². The van der Waals surface area contributed by atoms with Crippen LogP contribution in [0.5, 0.6) is 17.2 Å². The highest BCUT2D eigenvalue weighted by atomic mass is 35.5. The maximum atomic E-state index is 13.8. The van der Waals surface area contributed by atoms with Crippen LogP contribution in [0.1, 0.15) is 18.5 Å². The summed E-state index contributed by atoms with van der Waals surface area (Å²) in [4.78, 5) is 18.5. The molecule has 2 heterocycles. The fraction of sp³-hybridized carbons (Fsp3) is 0.179. The number of nitrogens with one attached hydrogen (secondary N) is 2. The molecule has 0 saturated carbocycles. The third kappa shape index (κ3) is 4.64. The van der Waals surface area contributed by atoms with Gasteiger partial charge in [-0.2, -0.15) is 4.98 Å². The fourth-order valence-corrected chi connectivity index (χ4v) is 4.57. The largest absolute Gasteiger partial charge is 0.496 e. The number of aromatic nitrogens is 3. The third-order valence-electron chi connectivity index (χ3n) is 6.26. The summed E-state index contributed by atoms with van der Waals surface area (Å²) >= 11 is 6.08. The molecule has 38 heavy (non-hydrogen) atoms. The highest BCUT2D eigenvalue weighted by Crippen LogP contribution is 2.44. The predicted molar refractivity (Wildman–Crippen MR) is 146 cm³/mol. The van der Waals surface area contributed by atoms with Gasteiger partial charge >= 0.3 is 0 Å². The van der Waals surface area contributed by atoms with Gasteiger partial charge in [0.25, 0.3) is 5.91 Å². The fourth-order valence-electron chi connectivity index (χ4n) is 4.44. The molecular weight excluding hydrogens is 506 g/mol. The topological polar surface area (TPSA) is 99.5 Å². The quantitative estimate of drug-likeness (QED) is 0.322. The second kappa shape index (κ2) is 10.5. The van der Waals surface area contributed by atoms with Crippen molar-refractivity contribution in [2.75, 3.05) is 32.0 Å². The van der Waals surface area contributed by atoms with E-state index in [1.54, 1.807) is 50.3 Å². The minimum atomic E-state index is -0.696. The molecule has 2 N–H and O–H groups in total. The van der Waals surface area contributed by atoms with Gasteiger partial charge in [0, 0.05) is 33.6 Å². The van der Waals surface area contributed by atoms with Gasteiger partial charge in [-0.1, -0.05) is 29.8 Å². The first-order valence-electron chi connectivity index (χ1n) is 11.8. The van der Waals surface area contributed by atoms with E-state index in [0.717, 1.165) is 5.56 Å². The number of para-hydroxylation sites is 1. The normalized spacial score (nSPS) is 14.4. The number of anilines is 2. The van der Waals surface area contributed by atoms with Gasteiger partial charge in [0.15, 0.2) is 17.3 Å². The average Bonchev–Trinajstić information content (AvgIpc) is 3.35. The number of nitrogens with zero attached hydrogens (tertiary/aromatic N) is 3. The lowest BCUT2D eigenvalue weighted by Crippen LogP contribution is -2.31. The number of allylic oxidation sites excluding steroid dienone is 1. The van der Waals surface area contributed by atoms with Crippen LogP contribution in [-0.4, -0.2) is 42.0 Å². The van der Waals surface area contributed by atoms with E-state index in [9.17, 15) is 4.79 Å². The van der Waals surface area contributed by atoms with Crippen LogP contribution in [0.15, 0.2) is 78.0 Å². The molecule has 4 aromatic rings. The number of rotatable bonds is 7. The van der Waals surface area contributed by atoms with Crippen molar-refractivity contribution >= 4 is 29.1 Å². The lowest BCUT2D eigenvalue weighted by molar-refractivity contribution is -0.113. The molecule has 0 spiro atoms. The third-order valence-corrected chi connectivity index (χ3v) is 6.51. The second-order valence-corrected chi connectivity index (χ2v) is 8.98. The Kier molecular flexibility index (Phi) is 6.93. The molecule has 3 aromatic carbocycles. The first kappa shape index (κ1) is 25.2. The van der Waals surface area contributed by atoms with Crippen molar-refractivity contribution in [3.63, 3.8) is 0 Å². The molecule has 0 fully saturated rings. The molecule has 0 radical (unpaired) electrons. The van der Waals surface area contributed by atoms with Crippen LogP contribution >= 0.6 is 11.6 Å². The molecule has 5 rings (SSSR count). The van der Waals surface area contributed by atoms with Crippen LogP contribution in [0.2, 0.25) is 5.02 Å². The minimum Gasteiger partial charge on any atom is -0.496 e. The van der Waals surface area contributed by atoms with Gasteiger partial charge in [-0.05, 0) is 49.4 Å². The van der Waals surface area contributed by atoms with Gasteiger partial charge in [0.05, 0.1) is 26.9 Å². The summed E-state index contributed by atoms with van der Waals surface area (Å²) in [6, 6.07) is 19.3. The van der Waals surface area contributed by atoms with Crippen molar-refractivity contribution in [3.05, 3.63) is 88.6 Å². The number of carbonyl (C=O) groups is 1. The number of hydrogen-bond donors (Lipinski definition) is 2. The van der Waals surface area contributed by atoms with E-state index in [2.05, 4.69) is 10.6 Å². The molecule has 10 heteroatoms. The molecule has 1 aromatic heterocycles. The molecule has 1 aliphatic rings. The summed E-state index contributed by atoms with van der Waals surface area (Å²) < 4.78 is 18.5. The zero-order valence-corrected chi connectivity index (χ0v) is 22.0. The Hall–Kier alpha value is -4.50. The van der Waals surface area contributed by atoms with Crippen LogP contribution in [0.4, 0.5) is 11.6 Å². The van der Waals surface area contributed by atoms with Crippen LogP contribution in [-0.2, 0) is 4.79 Å². The average molecular weight is 532 g/mol. The van der Waals surface area contributed by atoms with Crippen molar-refractivity contribution < 1.29 is 19.0 Å². The zero-order valence-electron chi connectivity index (χ0n) is 21.3. The number of fused-ring (bicyclic) bond motifs is 1. The van der Waals surface area contributed by atoms with E-state index in [1.807, 2.05) is 49.4 Å². The summed E-state index contributed by atoms with van der Waals surface area (Å²) in [6.07, 6.45) is 0. The Morgan fingerprint density at radius 1 is 0.947 bits per heavy atom. The summed E-state index contributed by atoms with van der Waals surface area (Å²) in [5, 5.41) is 11.7. The van der Waals surface area contributed by atoms with Gasteiger partial charge in [0.2, 0.25) is 5.95 Å². The Morgan fingerprint density at radius 2 is 1.61 bits per heavy atom. The maximum absolute atomic E-state index is 13.8. The van der Waals surface area contributed by atoms with E-state index < -0.39 is 6.04 Å². The van der Waals surface area contributed by atoms with E-state index in [1.165, 1.54) is 0 Å². The Morgan fingerprint density at radius 3 is 2.26 bits per heavy atom. The molecule has 1 amide bonds. The smallest absolute Gasteiger partial charge is 0.255 e. The van der Waals surface area contributed by atoms with Crippen molar-refractivity contribution in [2.24, 2.45) is 0 Å². The van der Waals surface area contributed by atoms with Gasteiger partial charge in [-0.15, -0.1) is 5.10 Å². The highest BCUT2D eigenvalue weighted by molar-refractivity contribution is 6.30. The van der Waals surface area contributed by atoms with Gasteiger partial charge < -0.3 is 24.8 Å². The number of amides is 1. The van der Waals surface area contributed by atoms with Gasteiger partial charge in [-0.25, -0.2) is 4.68 Å². The van der Waals surface area contributed by atoms with Crippen LogP contribution in [0.25, 0.3) is 11.4 Å². The van der Waals surface area contributed by atoms with E-state index in [4.69, 9.17) is 35.9 Å². The van der Waals surface area contributed by atoms with Crippen molar-refractivity contribution in [1.82, 2.24) is 14.8 Å². The van der Waals surface area contributed by atoms with Crippen LogP contribution in [0, 0.1) is 0 Å². The lowest BCUT2D eigenvalue weighted by Gasteiger charge is -2.30. The number of hydrogen-bond acceptors (Lipinski definition) is 7. The van der Waals surface area contributed by atoms with E-state index in [-0.39, 0.29) is 5.91 Å². The Bertz CT molecular complexity index is 1520. The lowest BCUT2D eigenvalue weighted by atomic mass is 9.93. The Labute approximate surface area is 225 Å². The predicted octanol–water partition coefficient (Wildman–Crippen LogP) is 5.55. The number of ether oxygens (including phenoxy) is 3. The summed E-state index contributed by atoms with van der Waals surface area (Å²) in [7, 11) is 4.67. The number of halogens is 1. The maximum Gasteiger partial charge on any atom is 0.255 e. The molecule has 0 aliphatic carbocycles. The standard InChI is InChI=1S/C28H26ClN5O4/c1-16-24(27(35)31-19-8-6-5-7-9-19)25(20-14-22(37-3)23(38-4)15-21(20)36-2)34-28(30-16)32-26(33-34)17-10-12-18(29)13-11-17/h5-15,25H,1-4H3,(H,31,35)(H,30,32,33). The van der Waals surface area contributed by atoms with Crippen molar-refractivity contribution in [1.29, 1.82) is 0 Å². The summed E-state index contributed by atoms with van der Waals surface area (Å²) in [6.45, 7) is 1.83. The zero-order chi connectivity index (χ0) is 26.8. The number of benzene rings is 3. The summed E-state index contributed by atoms with van der Waals surface area (Å²) in [5.74, 6) is 2.15. The van der Waals surface area contributed by atoms with Crippen molar-refractivity contribution in [3.8, 4) is 28.6 Å². The first-order valence-corrected chi connectivity index (χ1v) is 12.2. The second-order valence-electron chi connectivity index (χ2n) is 8.55. The molecule has 194 valence electrons. The minimum absolute atomic E-state index is 0.294. The number of methoxy groups -OCH3 is 3.